The van der Waals surface area contributed by atoms with Gasteiger partial charge in [0.25, 0.3) is 0 Å². The van der Waals surface area contributed by atoms with Crippen LogP contribution < -0.4 is 10.1 Å². The summed E-state index contributed by atoms with van der Waals surface area (Å²) < 4.78 is 12.2. The molecule has 0 unspecified atom stereocenters. The number of ether oxygens (including phenoxy) is 2. The fourth-order valence-electron chi connectivity index (χ4n) is 2.73. The fourth-order valence-corrected chi connectivity index (χ4v) is 3.32. The summed E-state index contributed by atoms with van der Waals surface area (Å²) in [6, 6.07) is 6.19. The van der Waals surface area contributed by atoms with Gasteiger partial charge in [-0.05, 0) is 59.4 Å². The summed E-state index contributed by atoms with van der Waals surface area (Å²) in [4.78, 5) is 0. The number of hydrogen-bond acceptors (Lipinski definition) is 3. The summed E-state index contributed by atoms with van der Waals surface area (Å²) in [6.45, 7) is 2.76. The van der Waals surface area contributed by atoms with Crippen LogP contribution in [-0.4, -0.2) is 26.4 Å². The average molecular weight is 356 g/mol. The molecule has 1 aliphatic carbocycles. The van der Waals surface area contributed by atoms with Crippen molar-refractivity contribution in [2.24, 2.45) is 0 Å². The van der Waals surface area contributed by atoms with Crippen molar-refractivity contribution in [3.63, 3.8) is 0 Å². The number of nitrogens with one attached hydrogen (secondary N) is 1. The monoisotopic (exact) mass is 355 g/mol. The largest absolute Gasteiger partial charge is 0.496 e. The van der Waals surface area contributed by atoms with Crippen LogP contribution in [0.15, 0.2) is 22.7 Å². The van der Waals surface area contributed by atoms with Gasteiger partial charge in [-0.2, -0.15) is 0 Å². The van der Waals surface area contributed by atoms with Gasteiger partial charge in [0.1, 0.15) is 5.75 Å². The SMILES string of the molecule is COc1ccc(CNCCCOC2CCCCC2)cc1Br. The zero-order chi connectivity index (χ0) is 14.9. The molecule has 1 aromatic rings. The molecule has 0 spiro atoms. The van der Waals surface area contributed by atoms with E-state index in [1.54, 1.807) is 7.11 Å². The summed E-state index contributed by atoms with van der Waals surface area (Å²) in [5.74, 6) is 0.875. The third-order valence-corrected chi connectivity index (χ3v) is 4.57. The molecule has 0 aliphatic heterocycles. The Hall–Kier alpha value is -0.580. The van der Waals surface area contributed by atoms with Crippen molar-refractivity contribution in [2.45, 2.75) is 51.2 Å². The molecule has 1 saturated carbocycles. The second-order valence-electron chi connectivity index (χ2n) is 5.63. The maximum Gasteiger partial charge on any atom is 0.133 e. The van der Waals surface area contributed by atoms with Gasteiger partial charge in [0.15, 0.2) is 0 Å². The van der Waals surface area contributed by atoms with Crippen molar-refractivity contribution in [1.82, 2.24) is 5.32 Å². The van der Waals surface area contributed by atoms with E-state index in [0.717, 1.165) is 36.3 Å². The van der Waals surface area contributed by atoms with E-state index in [1.807, 2.05) is 6.07 Å². The normalized spacial score (nSPS) is 16.1. The molecule has 0 radical (unpaired) electrons. The molecule has 21 heavy (non-hydrogen) atoms. The predicted molar refractivity (Wildman–Crippen MR) is 89.8 cm³/mol. The van der Waals surface area contributed by atoms with Gasteiger partial charge < -0.3 is 14.8 Å². The molecule has 0 amide bonds. The first-order valence-electron chi connectivity index (χ1n) is 7.94. The number of halogens is 1. The first-order chi connectivity index (χ1) is 10.3. The summed E-state index contributed by atoms with van der Waals surface area (Å²) in [5.41, 5.74) is 1.26. The molecule has 0 saturated heterocycles. The molecule has 1 aromatic carbocycles. The first-order valence-corrected chi connectivity index (χ1v) is 8.73. The first kappa shape index (κ1) is 16.8. The molecule has 0 aromatic heterocycles. The Labute approximate surface area is 136 Å². The molecule has 4 heteroatoms. The Bertz CT molecular complexity index is 419. The molecule has 1 aliphatic rings. The fraction of sp³-hybridized carbons (Fsp3) is 0.647. The molecule has 118 valence electrons. The Morgan fingerprint density at radius 2 is 2.05 bits per heavy atom. The maximum atomic E-state index is 5.92. The minimum atomic E-state index is 0.524. The zero-order valence-corrected chi connectivity index (χ0v) is 14.5. The topological polar surface area (TPSA) is 30.5 Å². The van der Waals surface area contributed by atoms with Gasteiger partial charge in [0.05, 0.1) is 17.7 Å². The minimum Gasteiger partial charge on any atom is -0.496 e. The molecule has 0 bridgehead atoms. The van der Waals surface area contributed by atoms with Crippen LogP contribution in [0, 0.1) is 0 Å². The van der Waals surface area contributed by atoms with Crippen molar-refractivity contribution >= 4 is 15.9 Å². The van der Waals surface area contributed by atoms with E-state index in [4.69, 9.17) is 9.47 Å². The van der Waals surface area contributed by atoms with Crippen molar-refractivity contribution in [3.05, 3.63) is 28.2 Å². The van der Waals surface area contributed by atoms with Crippen molar-refractivity contribution in [2.75, 3.05) is 20.3 Å². The second kappa shape index (κ2) is 9.44. The Balaban J connectivity index is 1.56. The quantitative estimate of drug-likeness (QED) is 0.705. The van der Waals surface area contributed by atoms with E-state index < -0.39 is 0 Å². The van der Waals surface area contributed by atoms with Crippen LogP contribution in [0.1, 0.15) is 44.1 Å². The Morgan fingerprint density at radius 1 is 1.24 bits per heavy atom. The number of hydrogen-bond donors (Lipinski definition) is 1. The molecular weight excluding hydrogens is 330 g/mol. The molecule has 2 rings (SSSR count). The van der Waals surface area contributed by atoms with Gasteiger partial charge in [-0.15, -0.1) is 0 Å². The highest BCUT2D eigenvalue weighted by Crippen LogP contribution is 2.25. The molecule has 0 heterocycles. The molecular formula is C17H26BrNO2. The van der Waals surface area contributed by atoms with Crippen molar-refractivity contribution < 1.29 is 9.47 Å². The van der Waals surface area contributed by atoms with E-state index in [1.165, 1.54) is 37.7 Å². The lowest BCUT2D eigenvalue weighted by Crippen LogP contribution is -2.20. The number of methoxy groups -OCH3 is 1. The van der Waals surface area contributed by atoms with Gasteiger partial charge in [-0.3, -0.25) is 0 Å². The Morgan fingerprint density at radius 3 is 2.76 bits per heavy atom. The van der Waals surface area contributed by atoms with Gasteiger partial charge in [0.2, 0.25) is 0 Å². The van der Waals surface area contributed by atoms with Crippen LogP contribution >= 0.6 is 15.9 Å². The van der Waals surface area contributed by atoms with Crippen LogP contribution in [0.25, 0.3) is 0 Å². The van der Waals surface area contributed by atoms with Gasteiger partial charge in [-0.1, -0.05) is 25.3 Å². The van der Waals surface area contributed by atoms with Gasteiger partial charge >= 0.3 is 0 Å². The minimum absolute atomic E-state index is 0.524. The highest BCUT2D eigenvalue weighted by atomic mass is 79.9. The van der Waals surface area contributed by atoms with E-state index in [9.17, 15) is 0 Å². The molecule has 0 atom stereocenters. The molecule has 1 N–H and O–H groups in total. The highest BCUT2D eigenvalue weighted by Gasteiger charge is 2.12. The summed E-state index contributed by atoms with van der Waals surface area (Å²) >= 11 is 3.51. The van der Waals surface area contributed by atoms with Crippen LogP contribution in [0.5, 0.6) is 5.75 Å². The van der Waals surface area contributed by atoms with E-state index in [2.05, 4.69) is 33.4 Å². The van der Waals surface area contributed by atoms with Crippen LogP contribution in [0.4, 0.5) is 0 Å². The molecule has 1 fully saturated rings. The summed E-state index contributed by atoms with van der Waals surface area (Å²) in [7, 11) is 1.68. The lowest BCUT2D eigenvalue weighted by atomic mass is 9.98. The lowest BCUT2D eigenvalue weighted by molar-refractivity contribution is 0.0273. The third kappa shape index (κ3) is 5.97. The highest BCUT2D eigenvalue weighted by molar-refractivity contribution is 9.10. The maximum absolute atomic E-state index is 5.92. The zero-order valence-electron chi connectivity index (χ0n) is 12.9. The smallest absolute Gasteiger partial charge is 0.133 e. The molecule has 3 nitrogen and oxygen atoms in total. The lowest BCUT2D eigenvalue weighted by Gasteiger charge is -2.21. The van der Waals surface area contributed by atoms with Crippen molar-refractivity contribution in [3.8, 4) is 5.75 Å². The van der Waals surface area contributed by atoms with Gasteiger partial charge in [-0.25, -0.2) is 0 Å². The van der Waals surface area contributed by atoms with E-state index in [0.29, 0.717) is 6.10 Å². The summed E-state index contributed by atoms with van der Waals surface area (Å²) in [6.07, 6.45) is 8.19. The van der Waals surface area contributed by atoms with Crippen LogP contribution in [-0.2, 0) is 11.3 Å². The van der Waals surface area contributed by atoms with Gasteiger partial charge in [0, 0.05) is 13.2 Å². The Kier molecular flexibility index (Phi) is 7.54. The third-order valence-electron chi connectivity index (χ3n) is 3.95. The van der Waals surface area contributed by atoms with Crippen LogP contribution in [0.3, 0.4) is 0 Å². The summed E-state index contributed by atoms with van der Waals surface area (Å²) in [5, 5.41) is 3.46. The van der Waals surface area contributed by atoms with Crippen molar-refractivity contribution in [1.29, 1.82) is 0 Å². The standard InChI is InChI=1S/C17H26BrNO2/c1-20-17-9-8-14(12-16(17)18)13-19-10-5-11-21-15-6-3-2-4-7-15/h8-9,12,15,19H,2-7,10-11,13H2,1H3. The van der Waals surface area contributed by atoms with E-state index >= 15 is 0 Å². The second-order valence-corrected chi connectivity index (χ2v) is 6.48. The number of rotatable bonds is 8. The number of benzene rings is 1. The average Bonchev–Trinajstić information content (AvgIpc) is 2.52. The van der Waals surface area contributed by atoms with Crippen LogP contribution in [0.2, 0.25) is 0 Å². The predicted octanol–water partition coefficient (Wildman–Crippen LogP) is 4.29. The van der Waals surface area contributed by atoms with E-state index in [-0.39, 0.29) is 0 Å².